The first-order valence-corrected chi connectivity index (χ1v) is 8.11. The van der Waals surface area contributed by atoms with Gasteiger partial charge in [0.1, 0.15) is 12.4 Å². The maximum Gasteiger partial charge on any atom is 0.255 e. The number of nitrogen functional groups attached to an aromatic ring is 1. The van der Waals surface area contributed by atoms with Crippen LogP contribution in [-0.2, 0) is 6.61 Å². The number of benzene rings is 2. The predicted octanol–water partition coefficient (Wildman–Crippen LogP) is 2.85. The Morgan fingerprint density at radius 2 is 1.92 bits per heavy atom. The van der Waals surface area contributed by atoms with E-state index >= 15 is 0 Å². The van der Waals surface area contributed by atoms with Crippen molar-refractivity contribution in [2.24, 2.45) is 0 Å². The van der Waals surface area contributed by atoms with Crippen LogP contribution in [0.15, 0.2) is 42.5 Å². The topological polar surface area (TPSA) is 90.1 Å². The third-order valence-corrected chi connectivity index (χ3v) is 3.84. The molecule has 0 saturated heterocycles. The highest BCUT2D eigenvalue weighted by atomic mass is 16.5. The van der Waals surface area contributed by atoms with Crippen molar-refractivity contribution in [1.29, 1.82) is 0 Å². The van der Waals surface area contributed by atoms with Crippen molar-refractivity contribution in [2.75, 3.05) is 12.3 Å². The number of aryl methyl sites for hydroxylation is 1. The quantitative estimate of drug-likeness (QED) is 0.748. The molecular weight excluding hydrogens is 316 g/mol. The molecule has 6 nitrogen and oxygen atoms in total. The van der Waals surface area contributed by atoms with E-state index in [0.717, 1.165) is 10.8 Å². The van der Waals surface area contributed by atoms with Crippen molar-refractivity contribution in [3.05, 3.63) is 59.4 Å². The van der Waals surface area contributed by atoms with Gasteiger partial charge >= 0.3 is 0 Å². The van der Waals surface area contributed by atoms with Gasteiger partial charge in [0.2, 0.25) is 5.95 Å². The molecule has 0 unspecified atom stereocenters. The van der Waals surface area contributed by atoms with Crippen LogP contribution in [0.1, 0.15) is 28.7 Å². The van der Waals surface area contributed by atoms with Gasteiger partial charge in [0.25, 0.3) is 5.91 Å². The number of nitrogens with one attached hydrogen (secondary N) is 1. The SMILES string of the molecule is CCNC(=O)c1c(C)nc(N)nc1COc1ccc2ccccc2c1. The number of hydrogen-bond acceptors (Lipinski definition) is 5. The molecule has 1 heterocycles. The molecule has 0 saturated carbocycles. The molecule has 25 heavy (non-hydrogen) atoms. The van der Waals surface area contributed by atoms with Gasteiger partial charge in [-0.3, -0.25) is 4.79 Å². The number of rotatable bonds is 5. The molecule has 0 aliphatic rings. The first kappa shape index (κ1) is 16.7. The summed E-state index contributed by atoms with van der Waals surface area (Å²) in [6.45, 7) is 4.25. The summed E-state index contributed by atoms with van der Waals surface area (Å²) in [5.74, 6) is 0.607. The van der Waals surface area contributed by atoms with Gasteiger partial charge < -0.3 is 15.8 Å². The minimum Gasteiger partial charge on any atom is -0.487 e. The van der Waals surface area contributed by atoms with Crippen molar-refractivity contribution in [2.45, 2.75) is 20.5 Å². The van der Waals surface area contributed by atoms with Gasteiger partial charge in [0.15, 0.2) is 0 Å². The van der Waals surface area contributed by atoms with E-state index in [-0.39, 0.29) is 18.5 Å². The highest BCUT2D eigenvalue weighted by molar-refractivity contribution is 5.96. The van der Waals surface area contributed by atoms with Gasteiger partial charge in [-0.2, -0.15) is 0 Å². The van der Waals surface area contributed by atoms with E-state index in [4.69, 9.17) is 10.5 Å². The van der Waals surface area contributed by atoms with Gasteiger partial charge in [0, 0.05) is 6.54 Å². The number of amides is 1. The summed E-state index contributed by atoms with van der Waals surface area (Å²) in [6.07, 6.45) is 0. The van der Waals surface area contributed by atoms with Gasteiger partial charge in [0.05, 0.1) is 17.0 Å². The number of hydrogen-bond donors (Lipinski definition) is 2. The largest absolute Gasteiger partial charge is 0.487 e. The zero-order valence-corrected chi connectivity index (χ0v) is 14.2. The lowest BCUT2D eigenvalue weighted by atomic mass is 10.1. The van der Waals surface area contributed by atoms with Crippen molar-refractivity contribution in [3.8, 4) is 5.75 Å². The normalized spacial score (nSPS) is 10.6. The summed E-state index contributed by atoms with van der Waals surface area (Å²) in [7, 11) is 0. The zero-order valence-electron chi connectivity index (χ0n) is 14.2. The molecule has 3 aromatic rings. The van der Waals surface area contributed by atoms with Crippen molar-refractivity contribution >= 4 is 22.6 Å². The Balaban J connectivity index is 1.87. The molecule has 0 fully saturated rings. The highest BCUT2D eigenvalue weighted by Gasteiger charge is 2.18. The minimum atomic E-state index is -0.225. The fourth-order valence-electron chi connectivity index (χ4n) is 2.71. The van der Waals surface area contributed by atoms with Crippen LogP contribution in [0.5, 0.6) is 5.75 Å². The Kier molecular flexibility index (Phi) is 4.79. The fraction of sp³-hybridized carbons (Fsp3) is 0.211. The second-order valence-electron chi connectivity index (χ2n) is 5.65. The number of fused-ring (bicyclic) bond motifs is 1. The van der Waals surface area contributed by atoms with Crippen molar-refractivity contribution in [3.63, 3.8) is 0 Å². The fourth-order valence-corrected chi connectivity index (χ4v) is 2.71. The van der Waals surface area contributed by atoms with E-state index < -0.39 is 0 Å². The minimum absolute atomic E-state index is 0.127. The van der Waals surface area contributed by atoms with E-state index in [1.165, 1.54) is 0 Å². The summed E-state index contributed by atoms with van der Waals surface area (Å²) in [6, 6.07) is 13.9. The van der Waals surface area contributed by atoms with Gasteiger partial charge in [-0.05, 0) is 36.8 Å². The first-order valence-electron chi connectivity index (χ1n) is 8.11. The molecule has 0 atom stereocenters. The summed E-state index contributed by atoms with van der Waals surface area (Å²) >= 11 is 0. The van der Waals surface area contributed by atoms with E-state index in [1.807, 2.05) is 49.4 Å². The van der Waals surface area contributed by atoms with Crippen molar-refractivity contribution in [1.82, 2.24) is 15.3 Å². The molecule has 3 N–H and O–H groups in total. The average molecular weight is 336 g/mol. The van der Waals surface area contributed by atoms with Gasteiger partial charge in [-0.25, -0.2) is 9.97 Å². The van der Waals surface area contributed by atoms with Crippen LogP contribution in [0, 0.1) is 6.92 Å². The Hall–Kier alpha value is -3.15. The number of carbonyl (C=O) groups is 1. The Morgan fingerprint density at radius 3 is 2.68 bits per heavy atom. The summed E-state index contributed by atoms with van der Waals surface area (Å²) in [4.78, 5) is 20.6. The maximum atomic E-state index is 12.3. The average Bonchev–Trinajstić information content (AvgIpc) is 2.59. The first-order chi connectivity index (χ1) is 12.1. The Bertz CT molecular complexity index is 924. The van der Waals surface area contributed by atoms with E-state index in [9.17, 15) is 4.79 Å². The molecule has 128 valence electrons. The highest BCUT2D eigenvalue weighted by Crippen LogP contribution is 2.22. The summed E-state index contributed by atoms with van der Waals surface area (Å²) < 4.78 is 5.85. The number of aromatic nitrogens is 2. The second kappa shape index (κ2) is 7.17. The van der Waals surface area contributed by atoms with E-state index in [1.54, 1.807) is 6.92 Å². The van der Waals surface area contributed by atoms with Crippen LogP contribution >= 0.6 is 0 Å². The van der Waals surface area contributed by atoms with Crippen LogP contribution in [0.2, 0.25) is 0 Å². The van der Waals surface area contributed by atoms with Crippen LogP contribution in [0.25, 0.3) is 10.8 Å². The summed E-state index contributed by atoms with van der Waals surface area (Å²) in [5, 5.41) is 4.99. The lowest BCUT2D eigenvalue weighted by Crippen LogP contribution is -2.26. The molecule has 1 aromatic heterocycles. The van der Waals surface area contributed by atoms with Crippen LogP contribution in [-0.4, -0.2) is 22.4 Å². The number of carbonyl (C=O) groups excluding carboxylic acids is 1. The molecule has 0 spiro atoms. The third-order valence-electron chi connectivity index (χ3n) is 3.84. The molecule has 0 aliphatic carbocycles. The number of ether oxygens (including phenoxy) is 1. The lowest BCUT2D eigenvalue weighted by molar-refractivity contribution is 0.0951. The van der Waals surface area contributed by atoms with Crippen LogP contribution < -0.4 is 15.8 Å². The third kappa shape index (κ3) is 3.68. The van der Waals surface area contributed by atoms with E-state index in [0.29, 0.717) is 29.2 Å². The standard InChI is InChI=1S/C19H20N4O2/c1-3-21-18(24)17-12(2)22-19(20)23-16(17)11-25-15-9-8-13-6-4-5-7-14(13)10-15/h4-10H,3,11H2,1-2H3,(H,21,24)(H2,20,22,23). The predicted molar refractivity (Wildman–Crippen MR) is 97.5 cm³/mol. The Morgan fingerprint density at radius 1 is 1.16 bits per heavy atom. The molecular formula is C19H20N4O2. The monoisotopic (exact) mass is 336 g/mol. The number of anilines is 1. The summed E-state index contributed by atoms with van der Waals surface area (Å²) in [5.41, 5.74) is 7.16. The molecule has 0 radical (unpaired) electrons. The smallest absolute Gasteiger partial charge is 0.255 e. The number of nitrogens with two attached hydrogens (primary N) is 1. The van der Waals surface area contributed by atoms with Crippen LogP contribution in [0.3, 0.4) is 0 Å². The maximum absolute atomic E-state index is 12.3. The lowest BCUT2D eigenvalue weighted by Gasteiger charge is -2.13. The molecule has 0 bridgehead atoms. The zero-order chi connectivity index (χ0) is 17.8. The number of nitrogens with zero attached hydrogens (tertiary/aromatic N) is 2. The van der Waals surface area contributed by atoms with Gasteiger partial charge in [-0.15, -0.1) is 0 Å². The molecule has 0 aliphatic heterocycles. The molecule has 2 aromatic carbocycles. The van der Waals surface area contributed by atoms with Gasteiger partial charge in [-0.1, -0.05) is 30.3 Å². The van der Waals surface area contributed by atoms with Crippen molar-refractivity contribution < 1.29 is 9.53 Å². The molecule has 3 rings (SSSR count). The van der Waals surface area contributed by atoms with E-state index in [2.05, 4.69) is 15.3 Å². The molecule has 1 amide bonds. The molecule has 6 heteroatoms. The Labute approximate surface area is 146 Å². The second-order valence-corrected chi connectivity index (χ2v) is 5.65. The van der Waals surface area contributed by atoms with Crippen LogP contribution in [0.4, 0.5) is 5.95 Å².